The smallest absolute Gasteiger partial charge is 0.118 e. The number of aryl methyl sites for hydroxylation is 1. The third-order valence-electron chi connectivity index (χ3n) is 3.82. The van der Waals surface area contributed by atoms with Crippen LogP contribution in [0.25, 0.3) is 0 Å². The summed E-state index contributed by atoms with van der Waals surface area (Å²) in [4.78, 5) is 2.55. The summed E-state index contributed by atoms with van der Waals surface area (Å²) in [6.07, 6.45) is 2.67. The summed E-state index contributed by atoms with van der Waals surface area (Å²) in [7, 11) is 0. The van der Waals surface area contributed by atoms with Gasteiger partial charge >= 0.3 is 0 Å². The van der Waals surface area contributed by atoms with Crippen molar-refractivity contribution in [2.45, 2.75) is 65.7 Å². The average molecular weight is 250 g/mol. The zero-order chi connectivity index (χ0) is 13.1. The molecule has 18 heavy (non-hydrogen) atoms. The Labute approximate surface area is 111 Å². The first kappa shape index (κ1) is 13.6. The summed E-state index contributed by atoms with van der Waals surface area (Å²) < 4.78 is 5.82. The second kappa shape index (κ2) is 5.89. The van der Waals surface area contributed by atoms with Crippen molar-refractivity contribution in [2.24, 2.45) is 0 Å². The van der Waals surface area contributed by atoms with E-state index in [1.165, 1.54) is 24.9 Å². The van der Waals surface area contributed by atoms with Crippen LogP contribution in [0.3, 0.4) is 0 Å². The summed E-state index contributed by atoms with van der Waals surface area (Å²) in [5, 5.41) is 3.40. The van der Waals surface area contributed by atoms with Gasteiger partial charge in [-0.05, 0) is 39.3 Å². The van der Waals surface area contributed by atoms with Crippen LogP contribution in [0.5, 0.6) is 0 Å². The van der Waals surface area contributed by atoms with Crippen molar-refractivity contribution in [3.63, 3.8) is 0 Å². The van der Waals surface area contributed by atoms with Crippen molar-refractivity contribution < 1.29 is 4.42 Å². The number of rotatable bonds is 5. The molecule has 1 N–H and O–H groups in total. The van der Waals surface area contributed by atoms with Crippen molar-refractivity contribution in [3.05, 3.63) is 23.2 Å². The molecule has 0 amide bonds. The number of furan rings is 1. The molecule has 0 aromatic carbocycles. The number of hydrogen-bond donors (Lipinski definition) is 1. The van der Waals surface area contributed by atoms with E-state index in [0.717, 1.165) is 30.7 Å². The van der Waals surface area contributed by atoms with Crippen molar-refractivity contribution in [2.75, 3.05) is 6.54 Å². The standard InChI is InChI=1S/C15H26N2O/c1-11(2)16-9-15-8-14(13(4)18-15)10-17-7-5-6-12(17)3/h8,11-12,16H,5-7,9-10H2,1-4H3. The van der Waals surface area contributed by atoms with Crippen molar-refractivity contribution in [1.82, 2.24) is 10.2 Å². The van der Waals surface area contributed by atoms with E-state index in [1.807, 2.05) is 0 Å². The van der Waals surface area contributed by atoms with Crippen LogP contribution in [0.4, 0.5) is 0 Å². The molecule has 1 aromatic rings. The van der Waals surface area contributed by atoms with Gasteiger partial charge in [-0.3, -0.25) is 4.90 Å². The van der Waals surface area contributed by atoms with Crippen LogP contribution in [0, 0.1) is 6.92 Å². The van der Waals surface area contributed by atoms with E-state index in [-0.39, 0.29) is 0 Å². The van der Waals surface area contributed by atoms with Crippen molar-refractivity contribution in [1.29, 1.82) is 0 Å². The lowest BCUT2D eigenvalue weighted by atomic mass is 10.2. The number of hydrogen-bond acceptors (Lipinski definition) is 3. The van der Waals surface area contributed by atoms with E-state index in [2.05, 4.69) is 44.0 Å². The van der Waals surface area contributed by atoms with E-state index in [0.29, 0.717) is 6.04 Å². The molecule has 2 rings (SSSR count). The summed E-state index contributed by atoms with van der Waals surface area (Å²) in [6, 6.07) is 3.43. The van der Waals surface area contributed by atoms with Crippen LogP contribution in [-0.4, -0.2) is 23.5 Å². The maximum Gasteiger partial charge on any atom is 0.118 e. The highest BCUT2D eigenvalue weighted by Crippen LogP contribution is 2.22. The minimum Gasteiger partial charge on any atom is -0.465 e. The van der Waals surface area contributed by atoms with Crippen molar-refractivity contribution in [3.8, 4) is 0 Å². The lowest BCUT2D eigenvalue weighted by Gasteiger charge is -2.20. The van der Waals surface area contributed by atoms with E-state index in [1.54, 1.807) is 0 Å². The van der Waals surface area contributed by atoms with Gasteiger partial charge in [0.05, 0.1) is 6.54 Å². The first-order chi connectivity index (χ1) is 8.56. The van der Waals surface area contributed by atoms with Crippen LogP contribution >= 0.6 is 0 Å². The number of nitrogens with one attached hydrogen (secondary N) is 1. The van der Waals surface area contributed by atoms with Gasteiger partial charge in [-0.1, -0.05) is 13.8 Å². The Morgan fingerprint density at radius 3 is 2.89 bits per heavy atom. The topological polar surface area (TPSA) is 28.4 Å². The minimum absolute atomic E-state index is 0.498. The van der Waals surface area contributed by atoms with Gasteiger partial charge in [0.25, 0.3) is 0 Å². The van der Waals surface area contributed by atoms with Gasteiger partial charge in [0.15, 0.2) is 0 Å². The second-order valence-corrected chi connectivity index (χ2v) is 5.79. The molecule has 1 fully saturated rings. The Morgan fingerprint density at radius 2 is 2.28 bits per heavy atom. The van der Waals surface area contributed by atoms with Gasteiger partial charge in [-0.25, -0.2) is 0 Å². The molecule has 3 nitrogen and oxygen atoms in total. The zero-order valence-corrected chi connectivity index (χ0v) is 12.1. The summed E-state index contributed by atoms with van der Waals surface area (Å²) in [5.74, 6) is 2.14. The molecule has 0 spiro atoms. The fourth-order valence-electron chi connectivity index (χ4n) is 2.58. The SMILES string of the molecule is Cc1oc(CNC(C)C)cc1CN1CCCC1C. The van der Waals surface area contributed by atoms with Gasteiger partial charge in [0.1, 0.15) is 11.5 Å². The van der Waals surface area contributed by atoms with E-state index in [4.69, 9.17) is 4.42 Å². The molecule has 1 aliphatic rings. The Bertz CT molecular complexity index is 384. The first-order valence-electron chi connectivity index (χ1n) is 7.12. The highest BCUT2D eigenvalue weighted by molar-refractivity contribution is 5.21. The lowest BCUT2D eigenvalue weighted by Crippen LogP contribution is -2.26. The van der Waals surface area contributed by atoms with Crippen LogP contribution in [0.2, 0.25) is 0 Å². The zero-order valence-electron chi connectivity index (χ0n) is 12.1. The van der Waals surface area contributed by atoms with Crippen LogP contribution in [-0.2, 0) is 13.1 Å². The molecule has 1 aromatic heterocycles. The van der Waals surface area contributed by atoms with E-state index < -0.39 is 0 Å². The lowest BCUT2D eigenvalue weighted by molar-refractivity contribution is 0.258. The fourth-order valence-corrected chi connectivity index (χ4v) is 2.58. The molecule has 0 aliphatic carbocycles. The van der Waals surface area contributed by atoms with Crippen LogP contribution in [0.1, 0.15) is 50.7 Å². The van der Waals surface area contributed by atoms with Gasteiger partial charge in [-0.2, -0.15) is 0 Å². The van der Waals surface area contributed by atoms with E-state index in [9.17, 15) is 0 Å². The van der Waals surface area contributed by atoms with Gasteiger partial charge in [0.2, 0.25) is 0 Å². The van der Waals surface area contributed by atoms with Crippen molar-refractivity contribution >= 4 is 0 Å². The van der Waals surface area contributed by atoms with Gasteiger partial charge in [0, 0.05) is 24.2 Å². The highest BCUT2D eigenvalue weighted by Gasteiger charge is 2.21. The Hall–Kier alpha value is -0.800. The highest BCUT2D eigenvalue weighted by atomic mass is 16.3. The Morgan fingerprint density at radius 1 is 1.50 bits per heavy atom. The molecule has 0 bridgehead atoms. The quantitative estimate of drug-likeness (QED) is 0.870. The Balaban J connectivity index is 1.96. The molecule has 3 heteroatoms. The summed E-state index contributed by atoms with van der Waals surface area (Å²) in [6.45, 7) is 11.8. The minimum atomic E-state index is 0.498. The molecule has 1 atom stereocenters. The third-order valence-corrected chi connectivity index (χ3v) is 3.82. The predicted octanol–water partition coefficient (Wildman–Crippen LogP) is 3.07. The monoisotopic (exact) mass is 250 g/mol. The second-order valence-electron chi connectivity index (χ2n) is 5.79. The first-order valence-corrected chi connectivity index (χ1v) is 7.12. The Kier molecular flexibility index (Phi) is 4.46. The maximum atomic E-state index is 5.82. The summed E-state index contributed by atoms with van der Waals surface area (Å²) in [5.41, 5.74) is 1.35. The third kappa shape index (κ3) is 3.36. The van der Waals surface area contributed by atoms with Crippen LogP contribution in [0.15, 0.2) is 10.5 Å². The molecule has 2 heterocycles. The van der Waals surface area contributed by atoms with Gasteiger partial charge in [-0.15, -0.1) is 0 Å². The molecule has 1 aliphatic heterocycles. The average Bonchev–Trinajstić information content (AvgIpc) is 2.85. The normalized spacial score (nSPS) is 21.1. The predicted molar refractivity (Wildman–Crippen MR) is 74.5 cm³/mol. The van der Waals surface area contributed by atoms with Crippen LogP contribution < -0.4 is 5.32 Å². The molecular formula is C15H26N2O. The summed E-state index contributed by atoms with van der Waals surface area (Å²) >= 11 is 0. The molecular weight excluding hydrogens is 224 g/mol. The van der Waals surface area contributed by atoms with Gasteiger partial charge < -0.3 is 9.73 Å². The largest absolute Gasteiger partial charge is 0.465 e. The molecule has 0 radical (unpaired) electrons. The maximum absolute atomic E-state index is 5.82. The molecule has 1 saturated heterocycles. The molecule has 102 valence electrons. The number of nitrogens with zero attached hydrogens (tertiary/aromatic N) is 1. The molecule has 1 unspecified atom stereocenters. The molecule has 0 saturated carbocycles. The fraction of sp³-hybridized carbons (Fsp3) is 0.733. The number of likely N-dealkylation sites (tertiary alicyclic amines) is 1. The van der Waals surface area contributed by atoms with E-state index >= 15 is 0 Å².